The van der Waals surface area contributed by atoms with Crippen molar-refractivity contribution in [3.05, 3.63) is 35.4 Å². The highest BCUT2D eigenvalue weighted by molar-refractivity contribution is 6.20. The molecule has 0 unspecified atom stereocenters. The number of nitrogens with one attached hydrogen (secondary N) is 4. The van der Waals surface area contributed by atoms with Gasteiger partial charge in [0.25, 0.3) is 0 Å². The van der Waals surface area contributed by atoms with Crippen molar-refractivity contribution in [2.75, 3.05) is 0 Å². The van der Waals surface area contributed by atoms with Crippen LogP contribution in [0.3, 0.4) is 0 Å². The van der Waals surface area contributed by atoms with E-state index in [4.69, 9.17) is 0 Å². The van der Waals surface area contributed by atoms with Gasteiger partial charge in [-0.25, -0.2) is 9.59 Å². The van der Waals surface area contributed by atoms with Crippen LogP contribution in [0.2, 0.25) is 0 Å². The number of hydrogen-bond donors (Lipinski definition) is 4. The van der Waals surface area contributed by atoms with Gasteiger partial charge in [-0.15, -0.1) is 0 Å². The van der Waals surface area contributed by atoms with Crippen molar-refractivity contribution in [1.82, 2.24) is 21.3 Å². The lowest BCUT2D eigenvalue weighted by Crippen LogP contribution is -2.63. The van der Waals surface area contributed by atoms with Crippen LogP contribution in [0.4, 0.5) is 9.59 Å². The Hall–Kier alpha value is -3.56. The zero-order valence-electron chi connectivity index (χ0n) is 18.0. The molecule has 0 spiro atoms. The first-order valence-corrected chi connectivity index (χ1v) is 10.6. The molecular formula is C22H26N4O6. The minimum Gasteiger partial charge on any atom is -0.277 e. The van der Waals surface area contributed by atoms with Crippen LogP contribution in [0.1, 0.15) is 50.7 Å². The number of imide groups is 4. The van der Waals surface area contributed by atoms with Gasteiger partial charge in [0.05, 0.1) is 0 Å². The van der Waals surface area contributed by atoms with Gasteiger partial charge in [0.1, 0.15) is 10.8 Å². The molecule has 2 saturated heterocycles. The maximum absolute atomic E-state index is 12.8. The fourth-order valence-corrected chi connectivity index (χ4v) is 4.52. The minimum absolute atomic E-state index is 0.00761. The summed E-state index contributed by atoms with van der Waals surface area (Å²) in [5.74, 6) is -2.70. The Labute approximate surface area is 184 Å². The number of carbonyl (C=O) groups is 6. The van der Waals surface area contributed by atoms with Gasteiger partial charge in [0, 0.05) is 0 Å². The van der Waals surface area contributed by atoms with Gasteiger partial charge in [-0.2, -0.15) is 0 Å². The maximum Gasteiger partial charge on any atom is 0.328 e. The predicted molar refractivity (Wildman–Crippen MR) is 112 cm³/mol. The van der Waals surface area contributed by atoms with Crippen LogP contribution in [-0.4, -0.2) is 35.7 Å². The monoisotopic (exact) mass is 442 g/mol. The first-order chi connectivity index (χ1) is 15.2. The van der Waals surface area contributed by atoms with E-state index in [9.17, 15) is 28.8 Å². The third-order valence-electron chi connectivity index (χ3n) is 6.10. The highest BCUT2D eigenvalue weighted by Crippen LogP contribution is 2.36. The summed E-state index contributed by atoms with van der Waals surface area (Å²) in [6.07, 6.45) is 1.44. The quantitative estimate of drug-likeness (QED) is 0.442. The summed E-state index contributed by atoms with van der Waals surface area (Å²) < 4.78 is 0. The van der Waals surface area contributed by atoms with E-state index in [0.29, 0.717) is 24.0 Å². The number of benzene rings is 1. The molecule has 2 heterocycles. The van der Waals surface area contributed by atoms with E-state index in [1.807, 2.05) is 13.8 Å². The van der Waals surface area contributed by atoms with Crippen molar-refractivity contribution in [2.45, 2.75) is 52.4 Å². The molecule has 0 aliphatic carbocycles. The van der Waals surface area contributed by atoms with Crippen LogP contribution in [0.25, 0.3) is 0 Å². The van der Waals surface area contributed by atoms with E-state index in [1.54, 1.807) is 24.3 Å². The van der Waals surface area contributed by atoms with E-state index >= 15 is 0 Å². The minimum atomic E-state index is -1.50. The average Bonchev–Trinajstić information content (AvgIpc) is 2.71. The highest BCUT2D eigenvalue weighted by atomic mass is 16.2. The van der Waals surface area contributed by atoms with Crippen LogP contribution in [-0.2, 0) is 32.0 Å². The summed E-state index contributed by atoms with van der Waals surface area (Å²) in [6.45, 7) is 3.66. The second kappa shape index (κ2) is 8.89. The van der Waals surface area contributed by atoms with Gasteiger partial charge in [0.15, 0.2) is 0 Å². The van der Waals surface area contributed by atoms with Gasteiger partial charge in [-0.05, 0) is 36.8 Å². The molecule has 1 aromatic carbocycles. The Bertz CT molecular complexity index is 883. The molecule has 8 amide bonds. The Balaban J connectivity index is 2.01. The smallest absolute Gasteiger partial charge is 0.277 e. The third-order valence-corrected chi connectivity index (χ3v) is 6.10. The normalized spacial score (nSPS) is 19.7. The topological polar surface area (TPSA) is 151 Å². The highest BCUT2D eigenvalue weighted by Gasteiger charge is 2.52. The number of barbiturate groups is 2. The standard InChI is InChI=1S/C22H26N4O6/c1-3-9-21(15(27)23-19(31)24-16(21)28)11-13-7-5-6-8-14(13)12-22(10-4-2)17(29)25-20(32)26-18(22)30/h5-8H,3-4,9-12H2,1-2H3,(H2,23,24,27,28,31)(H2,25,26,29,30,32). The molecule has 170 valence electrons. The van der Waals surface area contributed by atoms with Crippen molar-refractivity contribution in [2.24, 2.45) is 10.8 Å². The largest absolute Gasteiger partial charge is 0.328 e. The van der Waals surface area contributed by atoms with Gasteiger partial charge < -0.3 is 0 Å². The number of hydrogen-bond acceptors (Lipinski definition) is 6. The molecule has 10 nitrogen and oxygen atoms in total. The van der Waals surface area contributed by atoms with Crippen LogP contribution in [0.15, 0.2) is 24.3 Å². The summed E-state index contributed by atoms with van der Waals surface area (Å²) in [4.78, 5) is 74.3. The summed E-state index contributed by atoms with van der Waals surface area (Å²) in [5, 5.41) is 8.71. The fourth-order valence-electron chi connectivity index (χ4n) is 4.52. The Morgan fingerprint density at radius 1 is 0.594 bits per heavy atom. The molecule has 0 atom stereocenters. The lowest BCUT2D eigenvalue weighted by atomic mass is 9.71. The molecular weight excluding hydrogens is 416 g/mol. The van der Waals surface area contributed by atoms with Crippen molar-refractivity contribution in [3.8, 4) is 0 Å². The van der Waals surface area contributed by atoms with Crippen molar-refractivity contribution >= 4 is 35.7 Å². The molecule has 0 saturated carbocycles. The molecule has 3 rings (SSSR count). The second-order valence-electron chi connectivity index (χ2n) is 8.26. The fraction of sp³-hybridized carbons (Fsp3) is 0.455. The molecule has 10 heteroatoms. The maximum atomic E-state index is 12.8. The van der Waals surface area contributed by atoms with Crippen LogP contribution in [0.5, 0.6) is 0 Å². The Kier molecular flexibility index (Phi) is 6.42. The Morgan fingerprint density at radius 3 is 1.19 bits per heavy atom. The zero-order chi connectivity index (χ0) is 23.5. The number of carbonyl (C=O) groups excluding carboxylic acids is 6. The lowest BCUT2D eigenvalue weighted by Gasteiger charge is -2.36. The molecule has 2 fully saturated rings. The summed E-state index contributed by atoms with van der Waals surface area (Å²) in [6, 6.07) is 5.21. The van der Waals surface area contributed by atoms with Crippen LogP contribution in [0, 0.1) is 10.8 Å². The van der Waals surface area contributed by atoms with Gasteiger partial charge in [0.2, 0.25) is 23.6 Å². The van der Waals surface area contributed by atoms with Crippen LogP contribution >= 0.6 is 0 Å². The predicted octanol–water partition coefficient (Wildman–Crippen LogP) is 1.08. The van der Waals surface area contributed by atoms with Crippen molar-refractivity contribution < 1.29 is 28.8 Å². The summed E-state index contributed by atoms with van der Waals surface area (Å²) >= 11 is 0. The number of urea groups is 2. The van der Waals surface area contributed by atoms with Crippen LogP contribution < -0.4 is 21.3 Å². The molecule has 32 heavy (non-hydrogen) atoms. The van der Waals surface area contributed by atoms with Gasteiger partial charge in [-0.1, -0.05) is 51.0 Å². The van der Waals surface area contributed by atoms with E-state index in [2.05, 4.69) is 21.3 Å². The van der Waals surface area contributed by atoms with Gasteiger partial charge in [-0.3, -0.25) is 40.4 Å². The van der Waals surface area contributed by atoms with Crippen molar-refractivity contribution in [3.63, 3.8) is 0 Å². The van der Waals surface area contributed by atoms with E-state index in [-0.39, 0.29) is 25.7 Å². The lowest BCUT2D eigenvalue weighted by molar-refractivity contribution is -0.147. The first kappa shape index (κ1) is 23.1. The first-order valence-electron chi connectivity index (χ1n) is 10.6. The molecule has 0 bridgehead atoms. The SMILES string of the molecule is CCCC1(Cc2ccccc2CC2(CCC)C(=O)NC(=O)NC2=O)C(=O)NC(=O)NC1=O. The molecule has 2 aliphatic heterocycles. The third kappa shape index (κ3) is 4.00. The summed E-state index contributed by atoms with van der Waals surface area (Å²) in [5.41, 5.74) is -1.78. The second-order valence-corrected chi connectivity index (χ2v) is 8.26. The molecule has 4 N–H and O–H groups in total. The molecule has 0 aromatic heterocycles. The van der Waals surface area contributed by atoms with E-state index in [0.717, 1.165) is 0 Å². The van der Waals surface area contributed by atoms with E-state index in [1.165, 1.54) is 0 Å². The molecule has 0 radical (unpaired) electrons. The molecule has 1 aromatic rings. The Morgan fingerprint density at radius 2 is 0.906 bits per heavy atom. The zero-order valence-corrected chi connectivity index (χ0v) is 18.0. The molecule has 2 aliphatic rings. The van der Waals surface area contributed by atoms with E-state index < -0.39 is 46.5 Å². The number of rotatable bonds is 8. The van der Waals surface area contributed by atoms with Gasteiger partial charge >= 0.3 is 12.1 Å². The van der Waals surface area contributed by atoms with Crippen molar-refractivity contribution in [1.29, 1.82) is 0 Å². The average molecular weight is 442 g/mol. The number of amides is 8. The summed E-state index contributed by atoms with van der Waals surface area (Å²) in [7, 11) is 0.